The molecule has 0 aromatic heterocycles. The molecule has 0 atom stereocenters. The summed E-state index contributed by atoms with van der Waals surface area (Å²) in [5.41, 5.74) is 2.58. The predicted octanol–water partition coefficient (Wildman–Crippen LogP) is 3.40. The Bertz CT molecular complexity index is 383. The summed E-state index contributed by atoms with van der Waals surface area (Å²) in [5.74, 6) is 0.918. The first kappa shape index (κ1) is 15.8. The molecule has 0 heterocycles. The highest BCUT2D eigenvalue weighted by atomic mass is 16.5. The molecule has 1 aromatic carbocycles. The number of unbranched alkanes of at least 4 members (excludes halogenated alkanes) is 1. The summed E-state index contributed by atoms with van der Waals surface area (Å²) in [5, 5.41) is 6.65. The normalized spacial score (nSPS) is 11.4. The van der Waals surface area contributed by atoms with Crippen LogP contribution in [0.2, 0.25) is 0 Å². The van der Waals surface area contributed by atoms with Crippen LogP contribution in [-0.4, -0.2) is 27.2 Å². The van der Waals surface area contributed by atoms with Gasteiger partial charge in [0.15, 0.2) is 0 Å². The average Bonchev–Trinajstić information content (AvgIpc) is 2.37. The topological polar surface area (TPSA) is 33.3 Å². The van der Waals surface area contributed by atoms with Crippen LogP contribution in [0, 0.1) is 0 Å². The second-order valence-corrected chi connectivity index (χ2v) is 5.90. The van der Waals surface area contributed by atoms with E-state index in [1.165, 1.54) is 12.0 Å². The first-order valence-electron chi connectivity index (χ1n) is 7.06. The lowest BCUT2D eigenvalue weighted by atomic mass is 9.87. The van der Waals surface area contributed by atoms with Gasteiger partial charge in [-0.25, -0.2) is 0 Å². The molecule has 2 N–H and O–H groups in total. The first-order valence-corrected chi connectivity index (χ1v) is 7.06. The molecule has 0 aliphatic rings. The number of anilines is 1. The number of hydrogen-bond donors (Lipinski definition) is 2. The van der Waals surface area contributed by atoms with Crippen LogP contribution in [-0.2, 0) is 5.41 Å². The van der Waals surface area contributed by atoms with Crippen molar-refractivity contribution in [3.8, 4) is 5.75 Å². The molecular formula is C16H28N2O. The summed E-state index contributed by atoms with van der Waals surface area (Å²) in [6.07, 6.45) is 2.34. The molecule has 0 unspecified atom stereocenters. The Hall–Kier alpha value is -1.22. The summed E-state index contributed by atoms with van der Waals surface area (Å²) in [4.78, 5) is 0. The highest BCUT2D eigenvalue weighted by Gasteiger charge is 2.15. The van der Waals surface area contributed by atoms with E-state index in [1.54, 1.807) is 7.11 Å². The molecule has 0 fully saturated rings. The zero-order valence-electron chi connectivity index (χ0n) is 13.0. The van der Waals surface area contributed by atoms with E-state index in [4.69, 9.17) is 4.74 Å². The van der Waals surface area contributed by atoms with E-state index in [1.807, 2.05) is 7.05 Å². The minimum Gasteiger partial charge on any atom is -0.495 e. The van der Waals surface area contributed by atoms with Gasteiger partial charge in [-0.15, -0.1) is 0 Å². The SMILES string of the molecule is CNCCCCNc1cc(C(C)(C)C)ccc1OC. The Kier molecular flexibility index (Phi) is 6.16. The van der Waals surface area contributed by atoms with Crippen molar-refractivity contribution in [1.82, 2.24) is 5.32 Å². The number of nitrogens with one attached hydrogen (secondary N) is 2. The second kappa shape index (κ2) is 7.39. The summed E-state index contributed by atoms with van der Waals surface area (Å²) >= 11 is 0. The standard InChI is InChI=1S/C16H28N2O/c1-16(2,3)13-8-9-15(19-5)14(12-13)18-11-7-6-10-17-4/h8-9,12,17-18H,6-7,10-11H2,1-5H3. The highest BCUT2D eigenvalue weighted by molar-refractivity contribution is 5.59. The number of methoxy groups -OCH3 is 1. The zero-order valence-corrected chi connectivity index (χ0v) is 13.0. The van der Waals surface area contributed by atoms with Gasteiger partial charge in [-0.1, -0.05) is 26.8 Å². The number of ether oxygens (including phenoxy) is 1. The summed E-state index contributed by atoms with van der Waals surface area (Å²) in [7, 11) is 3.71. The molecule has 19 heavy (non-hydrogen) atoms. The highest BCUT2D eigenvalue weighted by Crippen LogP contribution is 2.31. The van der Waals surface area contributed by atoms with E-state index in [9.17, 15) is 0 Å². The fourth-order valence-electron chi connectivity index (χ4n) is 1.96. The van der Waals surface area contributed by atoms with Crippen molar-refractivity contribution in [2.45, 2.75) is 39.0 Å². The summed E-state index contributed by atoms with van der Waals surface area (Å²) in [6.45, 7) is 8.73. The minimum atomic E-state index is 0.162. The molecule has 3 heteroatoms. The van der Waals surface area contributed by atoms with Crippen LogP contribution < -0.4 is 15.4 Å². The molecule has 108 valence electrons. The van der Waals surface area contributed by atoms with Gasteiger partial charge in [0.1, 0.15) is 5.75 Å². The molecule has 1 aromatic rings. The van der Waals surface area contributed by atoms with Crippen LogP contribution in [0.25, 0.3) is 0 Å². The third kappa shape index (κ3) is 5.11. The van der Waals surface area contributed by atoms with Gasteiger partial charge >= 0.3 is 0 Å². The minimum absolute atomic E-state index is 0.162. The molecule has 0 aliphatic carbocycles. The van der Waals surface area contributed by atoms with Gasteiger partial charge in [0.05, 0.1) is 12.8 Å². The van der Waals surface area contributed by atoms with Gasteiger partial charge in [0.25, 0.3) is 0 Å². The number of rotatable bonds is 7. The van der Waals surface area contributed by atoms with Crippen LogP contribution in [0.1, 0.15) is 39.2 Å². The Balaban J connectivity index is 2.68. The van der Waals surface area contributed by atoms with E-state index in [0.29, 0.717) is 0 Å². The maximum absolute atomic E-state index is 5.42. The smallest absolute Gasteiger partial charge is 0.141 e. The molecular weight excluding hydrogens is 236 g/mol. The number of hydrogen-bond acceptors (Lipinski definition) is 3. The first-order chi connectivity index (χ1) is 8.99. The van der Waals surface area contributed by atoms with Crippen LogP contribution in [0.5, 0.6) is 5.75 Å². The van der Waals surface area contributed by atoms with E-state index >= 15 is 0 Å². The molecule has 0 saturated carbocycles. The maximum Gasteiger partial charge on any atom is 0.141 e. The average molecular weight is 264 g/mol. The van der Waals surface area contributed by atoms with Gasteiger partial charge in [-0.3, -0.25) is 0 Å². The third-order valence-corrected chi connectivity index (χ3v) is 3.23. The van der Waals surface area contributed by atoms with Crippen molar-refractivity contribution in [1.29, 1.82) is 0 Å². The molecule has 0 amide bonds. The van der Waals surface area contributed by atoms with Gasteiger partial charge in [0, 0.05) is 6.54 Å². The molecule has 1 rings (SSSR count). The Labute approximate surface area is 117 Å². The second-order valence-electron chi connectivity index (χ2n) is 5.90. The Morgan fingerprint density at radius 3 is 2.37 bits per heavy atom. The molecule has 0 bridgehead atoms. The van der Waals surface area contributed by atoms with Crippen molar-refractivity contribution < 1.29 is 4.74 Å². The quantitative estimate of drug-likeness (QED) is 0.741. The van der Waals surface area contributed by atoms with Crippen molar-refractivity contribution in [3.63, 3.8) is 0 Å². The Morgan fingerprint density at radius 1 is 1.11 bits per heavy atom. The third-order valence-electron chi connectivity index (χ3n) is 3.23. The largest absolute Gasteiger partial charge is 0.495 e. The van der Waals surface area contributed by atoms with E-state index < -0.39 is 0 Å². The lowest BCUT2D eigenvalue weighted by Crippen LogP contribution is -2.13. The fourth-order valence-corrected chi connectivity index (χ4v) is 1.96. The Morgan fingerprint density at radius 2 is 1.79 bits per heavy atom. The van der Waals surface area contributed by atoms with Crippen molar-refractivity contribution >= 4 is 5.69 Å². The monoisotopic (exact) mass is 264 g/mol. The lowest BCUT2D eigenvalue weighted by molar-refractivity contribution is 0.416. The van der Waals surface area contributed by atoms with Gasteiger partial charge in [0.2, 0.25) is 0 Å². The van der Waals surface area contributed by atoms with Crippen LogP contribution >= 0.6 is 0 Å². The summed E-state index contributed by atoms with van der Waals surface area (Å²) in [6, 6.07) is 6.40. The summed E-state index contributed by atoms with van der Waals surface area (Å²) < 4.78 is 5.42. The molecule has 0 spiro atoms. The van der Waals surface area contributed by atoms with Crippen molar-refractivity contribution in [2.24, 2.45) is 0 Å². The molecule has 0 saturated heterocycles. The van der Waals surface area contributed by atoms with Gasteiger partial charge in [-0.2, -0.15) is 0 Å². The van der Waals surface area contributed by atoms with Gasteiger partial charge < -0.3 is 15.4 Å². The lowest BCUT2D eigenvalue weighted by Gasteiger charge is -2.21. The predicted molar refractivity (Wildman–Crippen MR) is 83.3 cm³/mol. The van der Waals surface area contributed by atoms with Crippen LogP contribution in [0.4, 0.5) is 5.69 Å². The van der Waals surface area contributed by atoms with Crippen LogP contribution in [0.15, 0.2) is 18.2 Å². The van der Waals surface area contributed by atoms with E-state index in [-0.39, 0.29) is 5.41 Å². The molecule has 0 radical (unpaired) electrons. The maximum atomic E-state index is 5.42. The van der Waals surface area contributed by atoms with Crippen molar-refractivity contribution in [2.75, 3.05) is 32.6 Å². The molecule has 3 nitrogen and oxygen atoms in total. The molecule has 0 aliphatic heterocycles. The zero-order chi connectivity index (χ0) is 14.3. The van der Waals surface area contributed by atoms with Crippen LogP contribution in [0.3, 0.4) is 0 Å². The fraction of sp³-hybridized carbons (Fsp3) is 0.625. The van der Waals surface area contributed by atoms with Gasteiger partial charge in [-0.05, 0) is 49.5 Å². The van der Waals surface area contributed by atoms with E-state index in [2.05, 4.69) is 49.6 Å². The number of benzene rings is 1. The van der Waals surface area contributed by atoms with Crippen molar-refractivity contribution in [3.05, 3.63) is 23.8 Å². The van der Waals surface area contributed by atoms with E-state index in [0.717, 1.165) is 30.9 Å².